The molecule has 0 rings (SSSR count). The number of ether oxygens (including phenoxy) is 2. The lowest BCUT2D eigenvalue weighted by Gasteiger charge is -2.14. The van der Waals surface area contributed by atoms with E-state index in [9.17, 15) is 9.59 Å². The van der Waals surface area contributed by atoms with Gasteiger partial charge in [-0.1, -0.05) is 11.8 Å². The van der Waals surface area contributed by atoms with Crippen LogP contribution in [0.25, 0.3) is 0 Å². The van der Waals surface area contributed by atoms with Gasteiger partial charge in [-0.25, -0.2) is 0 Å². The topological polar surface area (TPSA) is 52.6 Å². The van der Waals surface area contributed by atoms with Gasteiger partial charge in [0.2, 0.25) is 5.91 Å². The van der Waals surface area contributed by atoms with E-state index in [1.54, 1.807) is 0 Å². The zero-order valence-corrected chi connectivity index (χ0v) is 9.49. The van der Waals surface area contributed by atoms with E-state index in [1.807, 2.05) is 18.7 Å². The molecule has 0 fully saturated rings. The van der Waals surface area contributed by atoms with Gasteiger partial charge in [0.05, 0.1) is 0 Å². The van der Waals surface area contributed by atoms with Crippen LogP contribution < -0.4 is 0 Å². The van der Waals surface area contributed by atoms with Crippen LogP contribution in [0.5, 0.6) is 0 Å². The molecule has 74 valence electrons. The molecule has 0 heterocycles. The highest BCUT2D eigenvalue weighted by atomic mass is 28.2. The minimum absolute atomic E-state index is 0.428. The van der Waals surface area contributed by atoms with Crippen LogP contribution in [-0.4, -0.2) is 27.4 Å². The Bertz CT molecular complexity index is 196. The number of hydrogen-bond donors (Lipinski definition) is 0. The maximum Gasteiger partial charge on any atom is 0.305 e. The zero-order valence-electron chi connectivity index (χ0n) is 8.07. The molecule has 0 bridgehead atoms. The highest BCUT2D eigenvalue weighted by Crippen LogP contribution is 1.95. The van der Waals surface area contributed by atoms with Gasteiger partial charge in [-0.05, 0) is 6.92 Å². The van der Waals surface area contributed by atoms with Crippen LogP contribution in [0.15, 0.2) is 11.8 Å². The fraction of sp³-hybridized carbons (Fsp3) is 0.500. The van der Waals surface area contributed by atoms with Crippen molar-refractivity contribution in [3.8, 4) is 0 Å². The lowest BCUT2D eigenvalue weighted by molar-refractivity contribution is -0.171. The standard InChI is InChI=1S/C8H14O4Si/c1-4-5-13-8(11-6(2)9)12-7(3)10/h4-5,8H,13H2,1-3H3. The largest absolute Gasteiger partial charge is 0.430 e. The quantitative estimate of drug-likeness (QED) is 0.368. The van der Waals surface area contributed by atoms with Crippen LogP contribution in [0.2, 0.25) is 0 Å². The molecule has 0 aliphatic heterocycles. The number of carbonyl (C=O) groups is 2. The van der Waals surface area contributed by atoms with Crippen LogP contribution in [0.4, 0.5) is 0 Å². The van der Waals surface area contributed by atoms with Gasteiger partial charge in [-0.2, -0.15) is 0 Å². The maximum atomic E-state index is 10.6. The van der Waals surface area contributed by atoms with E-state index in [2.05, 4.69) is 0 Å². The van der Waals surface area contributed by atoms with Crippen molar-refractivity contribution in [2.24, 2.45) is 0 Å². The molecule has 0 atom stereocenters. The van der Waals surface area contributed by atoms with Crippen molar-refractivity contribution < 1.29 is 19.1 Å². The van der Waals surface area contributed by atoms with Gasteiger partial charge in [0.1, 0.15) is 9.52 Å². The maximum absolute atomic E-state index is 10.6. The van der Waals surface area contributed by atoms with Crippen molar-refractivity contribution >= 4 is 21.5 Å². The summed E-state index contributed by atoms with van der Waals surface area (Å²) in [6, 6.07) is 0. The number of esters is 2. The Morgan fingerprint density at radius 2 is 1.69 bits per heavy atom. The monoisotopic (exact) mass is 202 g/mol. The first-order chi connectivity index (χ1) is 6.06. The molecule has 0 unspecified atom stereocenters. The van der Waals surface area contributed by atoms with Gasteiger partial charge < -0.3 is 9.47 Å². The van der Waals surface area contributed by atoms with Crippen LogP contribution >= 0.6 is 0 Å². The molecule has 0 aromatic rings. The van der Waals surface area contributed by atoms with Crippen molar-refractivity contribution in [2.45, 2.75) is 26.7 Å². The Hall–Kier alpha value is -1.10. The van der Waals surface area contributed by atoms with Crippen LogP contribution in [-0.2, 0) is 19.1 Å². The summed E-state index contributed by atoms with van der Waals surface area (Å²) >= 11 is 0. The van der Waals surface area contributed by atoms with Gasteiger partial charge in [0, 0.05) is 13.8 Å². The lowest BCUT2D eigenvalue weighted by Crippen LogP contribution is -2.27. The summed E-state index contributed by atoms with van der Waals surface area (Å²) in [5.41, 5.74) is 1.90. The Kier molecular flexibility index (Phi) is 5.87. The molecule has 0 aromatic heterocycles. The predicted molar refractivity (Wildman–Crippen MR) is 50.7 cm³/mol. The first-order valence-corrected chi connectivity index (χ1v) is 5.65. The average molecular weight is 202 g/mol. The van der Waals surface area contributed by atoms with Gasteiger partial charge in [0.15, 0.2) is 0 Å². The number of carbonyl (C=O) groups excluding carboxylic acids is 2. The normalized spacial score (nSPS) is 11.4. The highest BCUT2D eigenvalue weighted by molar-refractivity contribution is 6.43. The van der Waals surface area contributed by atoms with Crippen molar-refractivity contribution in [2.75, 3.05) is 0 Å². The second kappa shape index (κ2) is 6.42. The van der Waals surface area contributed by atoms with E-state index in [-0.39, 0.29) is 0 Å². The molecular formula is C8H14O4Si. The Morgan fingerprint density at radius 1 is 1.23 bits per heavy atom. The summed E-state index contributed by atoms with van der Waals surface area (Å²) in [6.07, 6.45) is 1.85. The molecule has 0 N–H and O–H groups in total. The summed E-state index contributed by atoms with van der Waals surface area (Å²) in [4.78, 5) is 21.2. The van der Waals surface area contributed by atoms with E-state index < -0.39 is 27.4 Å². The van der Waals surface area contributed by atoms with Gasteiger partial charge in [-0.3, -0.25) is 9.59 Å². The highest BCUT2D eigenvalue weighted by Gasteiger charge is 2.12. The molecule has 0 radical (unpaired) electrons. The SMILES string of the molecule is CC=C[SiH2]C(OC(C)=O)OC(C)=O. The van der Waals surface area contributed by atoms with Gasteiger partial charge >= 0.3 is 11.9 Å². The average Bonchev–Trinajstić information content (AvgIpc) is 1.98. The third-order valence-corrected chi connectivity index (χ3v) is 2.62. The fourth-order valence-electron chi connectivity index (χ4n) is 0.738. The molecule has 5 heteroatoms. The van der Waals surface area contributed by atoms with E-state index in [0.29, 0.717) is 0 Å². The van der Waals surface area contributed by atoms with Crippen LogP contribution in [0.3, 0.4) is 0 Å². The van der Waals surface area contributed by atoms with E-state index in [0.717, 1.165) is 0 Å². The summed E-state index contributed by atoms with van der Waals surface area (Å²) in [5, 5.41) is 0. The summed E-state index contributed by atoms with van der Waals surface area (Å²) < 4.78 is 9.58. The summed E-state index contributed by atoms with van der Waals surface area (Å²) in [7, 11) is -0.827. The second-order valence-corrected chi connectivity index (χ2v) is 4.06. The molecule has 0 aromatic carbocycles. The first-order valence-electron chi connectivity index (χ1n) is 4.02. The number of rotatable bonds is 4. The Balaban J connectivity index is 4.01. The third kappa shape index (κ3) is 7.26. The molecule has 0 aliphatic carbocycles. The molecule has 0 spiro atoms. The number of hydrogen-bond acceptors (Lipinski definition) is 4. The minimum Gasteiger partial charge on any atom is -0.430 e. The van der Waals surface area contributed by atoms with E-state index in [1.165, 1.54) is 13.8 Å². The second-order valence-electron chi connectivity index (χ2n) is 2.45. The minimum atomic E-state index is -0.827. The Labute approximate surface area is 79.7 Å². The Morgan fingerprint density at radius 3 is 2.00 bits per heavy atom. The van der Waals surface area contributed by atoms with Crippen molar-refractivity contribution in [3.05, 3.63) is 11.8 Å². The fourth-order valence-corrected chi connectivity index (χ4v) is 1.89. The summed E-state index contributed by atoms with van der Waals surface area (Å²) in [6.45, 7) is 4.45. The summed E-state index contributed by atoms with van der Waals surface area (Å²) in [5.74, 6) is -1.52. The molecule has 13 heavy (non-hydrogen) atoms. The van der Waals surface area contributed by atoms with Gasteiger partial charge in [0.25, 0.3) is 0 Å². The van der Waals surface area contributed by atoms with E-state index in [4.69, 9.17) is 9.47 Å². The molecule has 4 nitrogen and oxygen atoms in total. The van der Waals surface area contributed by atoms with Crippen LogP contribution in [0.1, 0.15) is 20.8 Å². The van der Waals surface area contributed by atoms with Crippen LogP contribution in [0, 0.1) is 0 Å². The zero-order chi connectivity index (χ0) is 10.3. The molecule has 0 saturated carbocycles. The molecular weight excluding hydrogens is 188 g/mol. The van der Waals surface area contributed by atoms with Gasteiger partial charge in [-0.15, -0.1) is 0 Å². The van der Waals surface area contributed by atoms with Crippen molar-refractivity contribution in [1.29, 1.82) is 0 Å². The predicted octanol–water partition coefficient (Wildman–Crippen LogP) is 0.0986. The molecule has 0 amide bonds. The lowest BCUT2D eigenvalue weighted by atomic mass is 10.8. The molecule has 0 saturated heterocycles. The third-order valence-electron chi connectivity index (χ3n) is 1.16. The molecule has 0 aliphatic rings. The van der Waals surface area contributed by atoms with Crippen molar-refractivity contribution in [1.82, 2.24) is 0 Å². The number of allylic oxidation sites excluding steroid dienone is 1. The smallest absolute Gasteiger partial charge is 0.305 e. The van der Waals surface area contributed by atoms with E-state index >= 15 is 0 Å². The van der Waals surface area contributed by atoms with Crippen molar-refractivity contribution in [3.63, 3.8) is 0 Å². The first kappa shape index (κ1) is 11.9.